The Kier molecular flexibility index (Phi) is 8.78. The lowest BCUT2D eigenvalue weighted by Gasteiger charge is -2.09. The third-order valence-corrected chi connectivity index (χ3v) is 2.31. The van der Waals surface area contributed by atoms with Crippen molar-refractivity contribution in [2.24, 2.45) is 16.6 Å². The third kappa shape index (κ3) is 6.23. The van der Waals surface area contributed by atoms with E-state index in [0.717, 1.165) is 25.3 Å². The Hall–Kier alpha value is -0.790. The molecule has 1 rings (SSSR count). The number of hydrogen-bond acceptors (Lipinski definition) is 2. The number of guanidine groups is 1. The number of aliphatic imine (C=N–C) groups is 1. The highest BCUT2D eigenvalue weighted by Gasteiger charge is 2.03. The van der Waals surface area contributed by atoms with Crippen LogP contribution in [0.3, 0.4) is 0 Å². The van der Waals surface area contributed by atoms with E-state index in [2.05, 4.69) is 40.6 Å². The Balaban J connectivity index is 0.00000289. The smallest absolute Gasteiger partial charge is 0.189 e. The lowest BCUT2D eigenvalue weighted by atomic mass is 10.2. The van der Waals surface area contributed by atoms with Crippen LogP contribution in [-0.4, -0.2) is 22.1 Å². The van der Waals surface area contributed by atoms with Gasteiger partial charge in [0.05, 0.1) is 0 Å². The molecule has 6 heteroatoms. The first-order valence-corrected chi connectivity index (χ1v) is 6.17. The third-order valence-electron chi connectivity index (χ3n) is 2.31. The van der Waals surface area contributed by atoms with E-state index in [1.54, 1.807) is 0 Å². The maximum Gasteiger partial charge on any atom is 0.189 e. The molecule has 0 bridgehead atoms. The number of nitrogens with two attached hydrogens (primary N) is 1. The number of nitrogens with zero attached hydrogens (tertiary/aromatic N) is 3. The van der Waals surface area contributed by atoms with Crippen molar-refractivity contribution in [3.05, 3.63) is 18.2 Å². The van der Waals surface area contributed by atoms with Gasteiger partial charge >= 0.3 is 0 Å². The van der Waals surface area contributed by atoms with Gasteiger partial charge in [0.15, 0.2) is 5.96 Å². The van der Waals surface area contributed by atoms with Gasteiger partial charge in [0.1, 0.15) is 12.4 Å². The molecule has 1 heterocycles. The van der Waals surface area contributed by atoms with Crippen molar-refractivity contribution < 1.29 is 0 Å². The topological polar surface area (TPSA) is 68.2 Å². The Morgan fingerprint density at radius 2 is 2.28 bits per heavy atom. The molecule has 0 atom stereocenters. The number of imidazole rings is 1. The molecule has 0 unspecified atom stereocenters. The molecule has 0 aliphatic rings. The van der Waals surface area contributed by atoms with E-state index in [1.165, 1.54) is 0 Å². The molecule has 0 aliphatic carbocycles. The number of nitrogens with one attached hydrogen (secondary N) is 1. The molecule has 0 fully saturated rings. The summed E-state index contributed by atoms with van der Waals surface area (Å²) in [6.45, 7) is 8.81. The van der Waals surface area contributed by atoms with Crippen molar-refractivity contribution in [2.45, 2.75) is 40.3 Å². The van der Waals surface area contributed by atoms with Crippen LogP contribution >= 0.6 is 24.0 Å². The van der Waals surface area contributed by atoms with Crippen LogP contribution in [0.4, 0.5) is 0 Å². The first-order valence-electron chi connectivity index (χ1n) is 6.17. The summed E-state index contributed by atoms with van der Waals surface area (Å²) < 4.78 is 2.13. The average Bonchev–Trinajstić information content (AvgIpc) is 2.70. The van der Waals surface area contributed by atoms with E-state index in [9.17, 15) is 0 Å². The van der Waals surface area contributed by atoms with Crippen molar-refractivity contribution in [3.63, 3.8) is 0 Å². The molecular formula is C12H24IN5. The van der Waals surface area contributed by atoms with Crippen LogP contribution in [0.1, 0.15) is 33.0 Å². The summed E-state index contributed by atoms with van der Waals surface area (Å²) in [5.74, 6) is 2.05. The molecule has 5 nitrogen and oxygen atoms in total. The summed E-state index contributed by atoms with van der Waals surface area (Å²) >= 11 is 0. The van der Waals surface area contributed by atoms with E-state index in [-0.39, 0.29) is 24.0 Å². The van der Waals surface area contributed by atoms with E-state index in [1.807, 2.05) is 12.4 Å². The Morgan fingerprint density at radius 1 is 1.56 bits per heavy atom. The zero-order valence-electron chi connectivity index (χ0n) is 11.4. The van der Waals surface area contributed by atoms with Crippen molar-refractivity contribution in [1.82, 2.24) is 14.9 Å². The summed E-state index contributed by atoms with van der Waals surface area (Å²) in [6.07, 6.45) is 4.83. The maximum atomic E-state index is 5.73. The van der Waals surface area contributed by atoms with Crippen molar-refractivity contribution >= 4 is 29.9 Å². The van der Waals surface area contributed by atoms with Gasteiger partial charge in [0, 0.05) is 25.5 Å². The summed E-state index contributed by atoms with van der Waals surface area (Å²) in [5.41, 5.74) is 5.73. The SMILES string of the molecule is CCCNC(N)=NCc1nccn1CC(C)C.I. The van der Waals surface area contributed by atoms with Gasteiger partial charge in [-0.25, -0.2) is 9.98 Å². The van der Waals surface area contributed by atoms with Gasteiger partial charge in [-0.1, -0.05) is 20.8 Å². The predicted molar refractivity (Wildman–Crippen MR) is 86.1 cm³/mol. The van der Waals surface area contributed by atoms with Crippen molar-refractivity contribution in [3.8, 4) is 0 Å². The molecule has 1 aromatic rings. The number of aromatic nitrogens is 2. The van der Waals surface area contributed by atoms with Gasteiger partial charge in [0.25, 0.3) is 0 Å². The van der Waals surface area contributed by atoms with Crippen LogP contribution in [0.5, 0.6) is 0 Å². The number of rotatable bonds is 6. The minimum atomic E-state index is 0. The molecule has 0 aromatic carbocycles. The van der Waals surface area contributed by atoms with Gasteiger partial charge in [0.2, 0.25) is 0 Å². The van der Waals surface area contributed by atoms with Crippen molar-refractivity contribution in [1.29, 1.82) is 0 Å². The van der Waals surface area contributed by atoms with E-state index >= 15 is 0 Å². The monoisotopic (exact) mass is 365 g/mol. The van der Waals surface area contributed by atoms with Gasteiger partial charge in [-0.3, -0.25) is 0 Å². The van der Waals surface area contributed by atoms with E-state index in [4.69, 9.17) is 5.73 Å². The standard InChI is InChI=1S/C12H23N5.HI/c1-4-5-15-12(13)16-8-11-14-6-7-17(11)9-10(2)3;/h6-7,10H,4-5,8-9H2,1-3H3,(H3,13,15,16);1H. The summed E-state index contributed by atoms with van der Waals surface area (Å²) in [6, 6.07) is 0. The van der Waals surface area contributed by atoms with Crippen LogP contribution in [0, 0.1) is 5.92 Å². The van der Waals surface area contributed by atoms with E-state index < -0.39 is 0 Å². The predicted octanol–water partition coefficient (Wildman–Crippen LogP) is 1.97. The van der Waals surface area contributed by atoms with Crippen molar-refractivity contribution in [2.75, 3.05) is 6.54 Å². The lowest BCUT2D eigenvalue weighted by Crippen LogP contribution is -2.32. The molecule has 104 valence electrons. The van der Waals surface area contributed by atoms with Crippen LogP contribution in [0.2, 0.25) is 0 Å². The zero-order chi connectivity index (χ0) is 12.7. The van der Waals surface area contributed by atoms with Crippen LogP contribution in [0.15, 0.2) is 17.4 Å². The fraction of sp³-hybridized carbons (Fsp3) is 0.667. The molecule has 0 saturated heterocycles. The number of hydrogen-bond donors (Lipinski definition) is 2. The highest BCUT2D eigenvalue weighted by Crippen LogP contribution is 2.04. The normalized spacial score (nSPS) is 11.4. The molecule has 0 amide bonds. The summed E-state index contributed by atoms with van der Waals surface area (Å²) in [7, 11) is 0. The number of halogens is 1. The molecule has 0 spiro atoms. The van der Waals surface area contributed by atoms with Gasteiger partial charge in [-0.2, -0.15) is 0 Å². The maximum absolute atomic E-state index is 5.73. The summed E-state index contributed by atoms with van der Waals surface area (Å²) in [4.78, 5) is 8.57. The van der Waals surface area contributed by atoms with Gasteiger partial charge < -0.3 is 15.6 Å². The second-order valence-electron chi connectivity index (χ2n) is 4.52. The fourth-order valence-corrected chi connectivity index (χ4v) is 1.52. The highest BCUT2D eigenvalue weighted by atomic mass is 127. The van der Waals surface area contributed by atoms with E-state index in [0.29, 0.717) is 18.4 Å². The molecule has 0 radical (unpaired) electrons. The summed E-state index contributed by atoms with van der Waals surface area (Å²) in [5, 5.41) is 3.05. The minimum Gasteiger partial charge on any atom is -0.370 e. The molecule has 18 heavy (non-hydrogen) atoms. The highest BCUT2D eigenvalue weighted by molar-refractivity contribution is 14.0. The Bertz CT molecular complexity index is 359. The first-order chi connectivity index (χ1) is 8.13. The fourth-order valence-electron chi connectivity index (χ4n) is 1.52. The van der Waals surface area contributed by atoms with Gasteiger partial charge in [-0.05, 0) is 12.3 Å². The molecule has 0 saturated carbocycles. The molecular weight excluding hydrogens is 341 g/mol. The van der Waals surface area contributed by atoms with Gasteiger partial charge in [-0.15, -0.1) is 24.0 Å². The minimum absolute atomic E-state index is 0. The second kappa shape index (κ2) is 9.18. The largest absolute Gasteiger partial charge is 0.370 e. The lowest BCUT2D eigenvalue weighted by molar-refractivity contribution is 0.507. The molecule has 1 aromatic heterocycles. The molecule has 3 N–H and O–H groups in total. The average molecular weight is 365 g/mol. The quantitative estimate of drug-likeness (QED) is 0.460. The first kappa shape index (κ1) is 17.2. The molecule has 0 aliphatic heterocycles. The van der Waals surface area contributed by atoms with Crippen LogP contribution in [0.25, 0.3) is 0 Å². The Labute approximate surface area is 126 Å². The van der Waals surface area contributed by atoms with Crippen LogP contribution in [-0.2, 0) is 13.1 Å². The second-order valence-corrected chi connectivity index (χ2v) is 4.52. The van der Waals surface area contributed by atoms with Crippen LogP contribution < -0.4 is 11.1 Å². The Morgan fingerprint density at radius 3 is 2.89 bits per heavy atom. The zero-order valence-corrected chi connectivity index (χ0v) is 13.7.